The number of hydrogen-bond acceptors (Lipinski definition) is 2. The Hall–Kier alpha value is -0.380. The number of ketones is 1. The fourth-order valence-electron chi connectivity index (χ4n) is 2.41. The molecule has 0 radical (unpaired) electrons. The second-order valence-corrected chi connectivity index (χ2v) is 4.73. The van der Waals surface area contributed by atoms with E-state index in [0.717, 1.165) is 0 Å². The average Bonchev–Trinajstić information content (AvgIpc) is 2.41. The maximum absolute atomic E-state index is 11.2. The van der Waals surface area contributed by atoms with Gasteiger partial charge in [0.1, 0.15) is 5.78 Å². The number of fused-ring (bicyclic) bond motifs is 2. The number of alkyl halides is 1. The molecule has 0 spiro atoms. The van der Waals surface area contributed by atoms with Crippen molar-refractivity contribution in [3.05, 3.63) is 0 Å². The number of carbonyl (C=O) groups is 2. The van der Waals surface area contributed by atoms with Crippen molar-refractivity contribution >= 4 is 27.7 Å². The van der Waals surface area contributed by atoms with Crippen LogP contribution in [0.5, 0.6) is 0 Å². The fourth-order valence-corrected chi connectivity index (χ4v) is 3.33. The molecule has 2 bridgehead atoms. The number of carboxylic acid groups (broad SMARTS) is 1. The van der Waals surface area contributed by atoms with E-state index in [9.17, 15) is 9.59 Å². The van der Waals surface area contributed by atoms with E-state index in [-0.39, 0.29) is 22.4 Å². The van der Waals surface area contributed by atoms with Gasteiger partial charge in [-0.15, -0.1) is 0 Å². The zero-order valence-electron chi connectivity index (χ0n) is 6.37. The van der Waals surface area contributed by atoms with Crippen molar-refractivity contribution in [3.63, 3.8) is 0 Å². The number of carbonyl (C=O) groups excluding carboxylic acids is 1. The third-order valence-corrected chi connectivity index (χ3v) is 4.03. The molecule has 0 aromatic carbocycles. The van der Waals surface area contributed by atoms with E-state index >= 15 is 0 Å². The van der Waals surface area contributed by atoms with Crippen molar-refractivity contribution in [2.24, 2.45) is 17.8 Å². The van der Waals surface area contributed by atoms with Gasteiger partial charge in [0.25, 0.3) is 0 Å². The van der Waals surface area contributed by atoms with Crippen LogP contribution in [0.25, 0.3) is 0 Å². The van der Waals surface area contributed by atoms with Crippen LogP contribution in [0.3, 0.4) is 0 Å². The summed E-state index contributed by atoms with van der Waals surface area (Å²) in [6.07, 6.45) is 1.16. The number of rotatable bonds is 1. The van der Waals surface area contributed by atoms with E-state index in [1.807, 2.05) is 0 Å². The van der Waals surface area contributed by atoms with Gasteiger partial charge in [-0.05, 0) is 12.3 Å². The molecule has 2 rings (SSSR count). The summed E-state index contributed by atoms with van der Waals surface area (Å²) in [5, 5.41) is 8.86. The molecule has 2 saturated carbocycles. The highest BCUT2D eigenvalue weighted by Gasteiger charge is 2.55. The predicted octanol–water partition coefficient (Wildman–Crippen LogP) is 1.06. The Labute approximate surface area is 78.3 Å². The molecule has 0 saturated heterocycles. The average molecular weight is 233 g/mol. The smallest absolute Gasteiger partial charge is 0.307 e. The highest BCUT2D eigenvalue weighted by atomic mass is 79.9. The van der Waals surface area contributed by atoms with Crippen LogP contribution in [-0.4, -0.2) is 21.7 Å². The number of aliphatic carboxylic acids is 1. The Bertz CT molecular complexity index is 251. The molecule has 4 unspecified atom stereocenters. The third kappa shape index (κ3) is 0.937. The number of Topliss-reactive ketones (excluding diaryl/α,β-unsaturated/α-hetero) is 1. The van der Waals surface area contributed by atoms with Crippen molar-refractivity contribution in [1.29, 1.82) is 0 Å². The Morgan fingerprint density at radius 1 is 1.58 bits per heavy atom. The zero-order valence-corrected chi connectivity index (χ0v) is 7.95. The molecule has 66 valence electrons. The number of carboxylic acids is 1. The maximum atomic E-state index is 11.2. The first kappa shape index (κ1) is 8.23. The van der Waals surface area contributed by atoms with Gasteiger partial charge in [0.05, 0.1) is 5.92 Å². The van der Waals surface area contributed by atoms with Gasteiger partial charge < -0.3 is 5.11 Å². The lowest BCUT2D eigenvalue weighted by atomic mass is 9.98. The summed E-state index contributed by atoms with van der Waals surface area (Å²) in [5.74, 6) is -1.25. The molecule has 0 aliphatic heterocycles. The molecular weight excluding hydrogens is 224 g/mol. The standard InChI is InChI=1S/C8H9BrO3/c9-5-1-4-6(10)2-3(5)7(4)8(11)12/h3-5,7H,1-2H2,(H,11,12). The van der Waals surface area contributed by atoms with Crippen LogP contribution in [0.2, 0.25) is 0 Å². The molecule has 3 nitrogen and oxygen atoms in total. The van der Waals surface area contributed by atoms with Gasteiger partial charge in [0, 0.05) is 17.2 Å². The third-order valence-electron chi connectivity index (χ3n) is 2.97. The second kappa shape index (κ2) is 2.55. The van der Waals surface area contributed by atoms with Crippen LogP contribution in [0.15, 0.2) is 0 Å². The lowest BCUT2D eigenvalue weighted by Crippen LogP contribution is -2.20. The monoisotopic (exact) mass is 232 g/mol. The van der Waals surface area contributed by atoms with E-state index in [1.54, 1.807) is 0 Å². The summed E-state index contributed by atoms with van der Waals surface area (Å²) < 4.78 is 0. The van der Waals surface area contributed by atoms with Crippen LogP contribution in [0, 0.1) is 17.8 Å². The normalized spacial score (nSPS) is 45.2. The SMILES string of the molecule is O=C1CC2C(Br)CC1C2C(=O)O. The quantitative estimate of drug-likeness (QED) is 0.689. The molecule has 0 aromatic rings. The van der Waals surface area contributed by atoms with Crippen molar-refractivity contribution in [3.8, 4) is 0 Å². The highest BCUT2D eigenvalue weighted by Crippen LogP contribution is 2.50. The van der Waals surface area contributed by atoms with Gasteiger partial charge in [0.2, 0.25) is 0 Å². The van der Waals surface area contributed by atoms with E-state index in [0.29, 0.717) is 12.8 Å². The van der Waals surface area contributed by atoms with E-state index in [4.69, 9.17) is 5.11 Å². The summed E-state index contributed by atoms with van der Waals surface area (Å²) in [4.78, 5) is 22.2. The van der Waals surface area contributed by atoms with Crippen molar-refractivity contribution < 1.29 is 14.7 Å². The minimum Gasteiger partial charge on any atom is -0.481 e. The van der Waals surface area contributed by atoms with Gasteiger partial charge in [-0.1, -0.05) is 15.9 Å². The van der Waals surface area contributed by atoms with Crippen molar-refractivity contribution in [2.45, 2.75) is 17.7 Å². The molecular formula is C8H9BrO3. The van der Waals surface area contributed by atoms with Gasteiger partial charge in [-0.3, -0.25) is 9.59 Å². The predicted molar refractivity (Wildman–Crippen MR) is 45.1 cm³/mol. The van der Waals surface area contributed by atoms with E-state index in [1.165, 1.54) is 0 Å². The summed E-state index contributed by atoms with van der Waals surface area (Å²) in [5.41, 5.74) is 0. The zero-order chi connectivity index (χ0) is 8.88. The fraction of sp³-hybridized carbons (Fsp3) is 0.750. The van der Waals surface area contributed by atoms with Crippen molar-refractivity contribution in [1.82, 2.24) is 0 Å². The summed E-state index contributed by atoms with van der Waals surface area (Å²) in [6.45, 7) is 0. The van der Waals surface area contributed by atoms with Crippen LogP contribution in [0.4, 0.5) is 0 Å². The molecule has 2 fully saturated rings. The highest BCUT2D eigenvalue weighted by molar-refractivity contribution is 9.09. The molecule has 4 atom stereocenters. The lowest BCUT2D eigenvalue weighted by molar-refractivity contribution is -0.144. The maximum Gasteiger partial charge on any atom is 0.307 e. The number of halogens is 1. The van der Waals surface area contributed by atoms with E-state index in [2.05, 4.69) is 15.9 Å². The molecule has 0 amide bonds. The van der Waals surface area contributed by atoms with Gasteiger partial charge in [0.15, 0.2) is 0 Å². The van der Waals surface area contributed by atoms with Crippen LogP contribution < -0.4 is 0 Å². The topological polar surface area (TPSA) is 54.4 Å². The minimum absolute atomic E-state index is 0.0417. The molecule has 4 heteroatoms. The second-order valence-electron chi connectivity index (χ2n) is 3.56. The molecule has 1 N–H and O–H groups in total. The molecule has 12 heavy (non-hydrogen) atoms. The van der Waals surface area contributed by atoms with Crippen LogP contribution in [-0.2, 0) is 9.59 Å². The van der Waals surface area contributed by atoms with Gasteiger partial charge in [-0.25, -0.2) is 0 Å². The summed E-state index contributed by atoms with van der Waals surface area (Å²) in [7, 11) is 0. The first-order valence-electron chi connectivity index (χ1n) is 4.01. The Morgan fingerprint density at radius 2 is 2.25 bits per heavy atom. The van der Waals surface area contributed by atoms with Crippen LogP contribution in [0.1, 0.15) is 12.8 Å². The largest absolute Gasteiger partial charge is 0.481 e. The molecule has 2 aliphatic carbocycles. The van der Waals surface area contributed by atoms with Crippen molar-refractivity contribution in [2.75, 3.05) is 0 Å². The molecule has 2 aliphatic rings. The molecule has 0 heterocycles. The Morgan fingerprint density at radius 3 is 2.58 bits per heavy atom. The van der Waals surface area contributed by atoms with Crippen LogP contribution >= 0.6 is 15.9 Å². The first-order chi connectivity index (χ1) is 5.61. The van der Waals surface area contributed by atoms with Gasteiger partial charge in [-0.2, -0.15) is 0 Å². The summed E-state index contributed by atoms with van der Waals surface area (Å²) in [6, 6.07) is 0. The van der Waals surface area contributed by atoms with Gasteiger partial charge >= 0.3 is 5.97 Å². The molecule has 0 aromatic heterocycles. The summed E-state index contributed by atoms with van der Waals surface area (Å²) >= 11 is 3.42. The first-order valence-corrected chi connectivity index (χ1v) is 4.92. The lowest BCUT2D eigenvalue weighted by Gasteiger charge is -2.13. The number of hydrogen-bond donors (Lipinski definition) is 1. The Balaban J connectivity index is 2.28. The Kier molecular flexibility index (Phi) is 1.75. The minimum atomic E-state index is -0.808. The van der Waals surface area contributed by atoms with E-state index < -0.39 is 11.9 Å².